The van der Waals surface area contributed by atoms with Gasteiger partial charge >= 0.3 is 0 Å². The van der Waals surface area contributed by atoms with Crippen LogP contribution in [0.1, 0.15) is 23.2 Å². The molecule has 0 radical (unpaired) electrons. The number of nitrogens with one attached hydrogen (secondary N) is 2. The SMILES string of the molecule is Cc1cc(S(=O)(=O)NC2CCc3[nH]c4cc(F)ccc4c3C2)ccc1Cl. The molecule has 7 heteroatoms. The van der Waals surface area contributed by atoms with Crippen molar-refractivity contribution >= 4 is 32.5 Å². The fourth-order valence-electron chi connectivity index (χ4n) is 3.57. The average molecular weight is 393 g/mol. The standard InChI is InChI=1S/C19H18ClFN2O2S/c1-11-8-14(4-6-17(11)20)26(24,25)23-13-3-7-18-16(10-13)15-5-2-12(21)9-19(15)22-18/h2,4-6,8-9,13,22-23H,3,7,10H2,1H3. The number of hydrogen-bond donors (Lipinski definition) is 2. The summed E-state index contributed by atoms with van der Waals surface area (Å²) in [5.74, 6) is -0.286. The first-order chi connectivity index (χ1) is 12.3. The zero-order chi connectivity index (χ0) is 18.5. The molecule has 0 bridgehead atoms. The van der Waals surface area contributed by atoms with Gasteiger partial charge in [0.25, 0.3) is 0 Å². The molecular formula is C19H18ClFN2O2S. The fraction of sp³-hybridized carbons (Fsp3) is 0.263. The fourth-order valence-corrected chi connectivity index (χ4v) is 5.04. The molecular weight excluding hydrogens is 375 g/mol. The molecule has 1 aromatic heterocycles. The predicted octanol–water partition coefficient (Wildman–Crippen LogP) is 4.10. The summed E-state index contributed by atoms with van der Waals surface area (Å²) >= 11 is 5.99. The minimum absolute atomic E-state index is 0.201. The van der Waals surface area contributed by atoms with E-state index >= 15 is 0 Å². The van der Waals surface area contributed by atoms with Crippen LogP contribution in [-0.4, -0.2) is 19.4 Å². The van der Waals surface area contributed by atoms with Crippen LogP contribution in [-0.2, 0) is 22.9 Å². The largest absolute Gasteiger partial charge is 0.358 e. The van der Waals surface area contributed by atoms with Gasteiger partial charge in [0.05, 0.1) is 4.90 Å². The van der Waals surface area contributed by atoms with Crippen LogP contribution in [0.3, 0.4) is 0 Å². The van der Waals surface area contributed by atoms with E-state index in [9.17, 15) is 12.8 Å². The molecule has 1 atom stereocenters. The Labute approximate surface area is 156 Å². The van der Waals surface area contributed by atoms with Crippen LogP contribution in [0.25, 0.3) is 10.9 Å². The van der Waals surface area contributed by atoms with Crippen LogP contribution >= 0.6 is 11.6 Å². The molecule has 4 nitrogen and oxygen atoms in total. The third-order valence-corrected chi connectivity index (χ3v) is 6.85. The first kappa shape index (κ1) is 17.5. The normalized spacial score (nSPS) is 17.4. The zero-order valence-corrected chi connectivity index (χ0v) is 15.7. The van der Waals surface area contributed by atoms with Gasteiger partial charge in [-0.25, -0.2) is 17.5 Å². The maximum Gasteiger partial charge on any atom is 0.240 e. The van der Waals surface area contributed by atoms with Crippen molar-refractivity contribution in [3.05, 3.63) is 64.1 Å². The molecule has 1 aliphatic rings. The lowest BCUT2D eigenvalue weighted by atomic mass is 9.92. The maximum atomic E-state index is 13.4. The molecule has 3 aromatic rings. The van der Waals surface area contributed by atoms with E-state index < -0.39 is 10.0 Å². The van der Waals surface area contributed by atoms with Crippen molar-refractivity contribution in [1.82, 2.24) is 9.71 Å². The number of halogens is 2. The number of hydrogen-bond acceptors (Lipinski definition) is 2. The summed E-state index contributed by atoms with van der Waals surface area (Å²) < 4.78 is 41.7. The van der Waals surface area contributed by atoms with Crippen molar-refractivity contribution in [2.24, 2.45) is 0 Å². The molecule has 0 aliphatic heterocycles. The predicted molar refractivity (Wildman–Crippen MR) is 101 cm³/mol. The number of benzene rings is 2. The Morgan fingerprint density at radius 1 is 1.23 bits per heavy atom. The Morgan fingerprint density at radius 3 is 2.81 bits per heavy atom. The molecule has 0 spiro atoms. The molecule has 1 heterocycles. The smallest absolute Gasteiger partial charge is 0.240 e. The second-order valence-electron chi connectivity index (χ2n) is 6.74. The van der Waals surface area contributed by atoms with E-state index in [1.165, 1.54) is 18.2 Å². The van der Waals surface area contributed by atoms with Gasteiger partial charge in [0.2, 0.25) is 10.0 Å². The number of aromatic amines is 1. The Hall–Kier alpha value is -1.89. The minimum Gasteiger partial charge on any atom is -0.358 e. The van der Waals surface area contributed by atoms with Gasteiger partial charge in [0.1, 0.15) is 5.82 Å². The molecule has 0 amide bonds. The second kappa shape index (κ2) is 6.37. The Kier molecular flexibility index (Phi) is 4.29. The lowest BCUT2D eigenvalue weighted by molar-refractivity contribution is 0.506. The first-order valence-corrected chi connectivity index (χ1v) is 10.3. The number of aromatic nitrogens is 1. The van der Waals surface area contributed by atoms with Gasteiger partial charge in [0, 0.05) is 27.7 Å². The third-order valence-electron chi connectivity index (χ3n) is 4.91. The quantitative estimate of drug-likeness (QED) is 0.704. The zero-order valence-electron chi connectivity index (χ0n) is 14.1. The topological polar surface area (TPSA) is 62.0 Å². The average Bonchev–Trinajstić information content (AvgIpc) is 2.93. The van der Waals surface area contributed by atoms with E-state index in [4.69, 9.17) is 11.6 Å². The van der Waals surface area contributed by atoms with Crippen LogP contribution in [0.5, 0.6) is 0 Å². The highest BCUT2D eigenvalue weighted by Crippen LogP contribution is 2.30. The molecule has 0 fully saturated rings. The minimum atomic E-state index is -3.62. The summed E-state index contributed by atoms with van der Waals surface area (Å²) in [6, 6.07) is 9.14. The molecule has 26 heavy (non-hydrogen) atoms. The van der Waals surface area contributed by atoms with Crippen molar-refractivity contribution in [2.45, 2.75) is 37.1 Å². The molecule has 4 rings (SSSR count). The van der Waals surface area contributed by atoms with Gasteiger partial charge in [-0.1, -0.05) is 11.6 Å². The first-order valence-electron chi connectivity index (χ1n) is 8.41. The third kappa shape index (κ3) is 3.13. The lowest BCUT2D eigenvalue weighted by Crippen LogP contribution is -2.38. The van der Waals surface area contributed by atoms with Gasteiger partial charge < -0.3 is 4.98 Å². The molecule has 0 saturated heterocycles. The van der Waals surface area contributed by atoms with Crippen molar-refractivity contribution in [3.8, 4) is 0 Å². The number of aryl methyl sites for hydroxylation is 2. The van der Waals surface area contributed by atoms with Crippen LogP contribution in [0.15, 0.2) is 41.3 Å². The summed E-state index contributed by atoms with van der Waals surface area (Å²) in [6.07, 6.45) is 1.99. The van der Waals surface area contributed by atoms with Gasteiger partial charge in [-0.2, -0.15) is 0 Å². The Balaban J connectivity index is 1.60. The van der Waals surface area contributed by atoms with Crippen LogP contribution in [0.2, 0.25) is 5.02 Å². The second-order valence-corrected chi connectivity index (χ2v) is 8.87. The highest BCUT2D eigenvalue weighted by Gasteiger charge is 2.27. The van der Waals surface area contributed by atoms with E-state index in [0.29, 0.717) is 17.9 Å². The van der Waals surface area contributed by atoms with Crippen molar-refractivity contribution in [1.29, 1.82) is 0 Å². The van der Waals surface area contributed by atoms with Gasteiger partial charge in [-0.3, -0.25) is 0 Å². The van der Waals surface area contributed by atoms with Crippen molar-refractivity contribution < 1.29 is 12.8 Å². The lowest BCUT2D eigenvalue weighted by Gasteiger charge is -2.23. The van der Waals surface area contributed by atoms with Gasteiger partial charge in [-0.05, 0) is 73.7 Å². The van der Waals surface area contributed by atoms with Crippen molar-refractivity contribution in [2.75, 3.05) is 0 Å². The summed E-state index contributed by atoms with van der Waals surface area (Å²) in [6.45, 7) is 1.78. The van der Waals surface area contributed by atoms with E-state index in [1.807, 2.05) is 0 Å². The van der Waals surface area contributed by atoms with Gasteiger partial charge in [-0.15, -0.1) is 0 Å². The highest BCUT2D eigenvalue weighted by atomic mass is 35.5. The van der Waals surface area contributed by atoms with E-state index in [1.54, 1.807) is 25.1 Å². The Morgan fingerprint density at radius 2 is 2.04 bits per heavy atom. The van der Waals surface area contributed by atoms with E-state index in [2.05, 4.69) is 9.71 Å². The summed E-state index contributed by atoms with van der Waals surface area (Å²) in [5.41, 5.74) is 3.60. The monoisotopic (exact) mass is 392 g/mol. The van der Waals surface area contributed by atoms with Gasteiger partial charge in [0.15, 0.2) is 0 Å². The number of H-pyrrole nitrogens is 1. The molecule has 136 valence electrons. The number of sulfonamides is 1. The highest BCUT2D eigenvalue weighted by molar-refractivity contribution is 7.89. The Bertz CT molecular complexity index is 1110. The summed E-state index contributed by atoms with van der Waals surface area (Å²) in [7, 11) is -3.62. The number of fused-ring (bicyclic) bond motifs is 3. The van der Waals surface area contributed by atoms with Crippen LogP contribution in [0.4, 0.5) is 4.39 Å². The molecule has 2 aromatic carbocycles. The maximum absolute atomic E-state index is 13.4. The summed E-state index contributed by atoms with van der Waals surface area (Å²) in [5, 5.41) is 1.49. The molecule has 0 saturated carbocycles. The van der Waals surface area contributed by atoms with Crippen molar-refractivity contribution in [3.63, 3.8) is 0 Å². The number of rotatable bonds is 3. The van der Waals surface area contributed by atoms with Crippen LogP contribution in [0, 0.1) is 12.7 Å². The van der Waals surface area contributed by atoms with E-state index in [0.717, 1.165) is 34.1 Å². The molecule has 1 aliphatic carbocycles. The summed E-state index contributed by atoms with van der Waals surface area (Å²) in [4.78, 5) is 3.47. The van der Waals surface area contributed by atoms with Crippen LogP contribution < -0.4 is 4.72 Å². The molecule has 1 unspecified atom stereocenters. The van der Waals surface area contributed by atoms with E-state index in [-0.39, 0.29) is 16.8 Å². The molecule has 2 N–H and O–H groups in total.